The standard InChI is InChI=1S/C47H29NOS/c1-2-15-32(16-3-1)48(42-21-12-18-36-35-17-6-11-24-45(35)50-46(36)42)33-25-26-34-37-27-30-13-4-5-14-31(30)28-40(37)47(41(34)29-33)38-19-7-9-22-43(38)49-44-23-10-8-20-39(44)47/h1-29H. The second-order valence-electron chi connectivity index (χ2n) is 13.2. The molecule has 234 valence electrons. The van der Waals surface area contributed by atoms with Crippen LogP contribution in [0.3, 0.4) is 0 Å². The van der Waals surface area contributed by atoms with Crippen LogP contribution in [0.2, 0.25) is 0 Å². The number of hydrogen-bond acceptors (Lipinski definition) is 3. The minimum Gasteiger partial charge on any atom is -0.457 e. The van der Waals surface area contributed by atoms with Gasteiger partial charge >= 0.3 is 0 Å². The molecule has 0 saturated carbocycles. The molecule has 0 N–H and O–H groups in total. The molecule has 0 fully saturated rings. The Morgan fingerprint density at radius 2 is 1.08 bits per heavy atom. The highest BCUT2D eigenvalue weighted by atomic mass is 32.1. The fourth-order valence-corrected chi connectivity index (χ4v) is 9.83. The van der Waals surface area contributed by atoms with E-state index < -0.39 is 5.41 Å². The van der Waals surface area contributed by atoms with Gasteiger partial charge in [-0.2, -0.15) is 0 Å². The van der Waals surface area contributed by atoms with Crippen molar-refractivity contribution in [3.8, 4) is 22.6 Å². The van der Waals surface area contributed by atoms with Gasteiger partial charge in [-0.05, 0) is 93.7 Å². The first kappa shape index (κ1) is 27.8. The first-order chi connectivity index (χ1) is 24.8. The second kappa shape index (κ2) is 10.4. The Labute approximate surface area is 294 Å². The average Bonchev–Trinajstić information content (AvgIpc) is 3.69. The number of ether oxygens (including phenoxy) is 1. The van der Waals surface area contributed by atoms with Crippen molar-refractivity contribution in [3.05, 3.63) is 198 Å². The lowest BCUT2D eigenvalue weighted by atomic mass is 9.66. The maximum Gasteiger partial charge on any atom is 0.132 e. The van der Waals surface area contributed by atoms with Gasteiger partial charge in [0.25, 0.3) is 0 Å². The number of anilines is 3. The molecule has 0 unspecified atom stereocenters. The van der Waals surface area contributed by atoms with Crippen LogP contribution in [-0.2, 0) is 5.41 Å². The highest BCUT2D eigenvalue weighted by molar-refractivity contribution is 7.26. The lowest BCUT2D eigenvalue weighted by molar-refractivity contribution is 0.436. The zero-order valence-corrected chi connectivity index (χ0v) is 27.8. The number of rotatable bonds is 3. The summed E-state index contributed by atoms with van der Waals surface area (Å²) in [5.74, 6) is 1.80. The van der Waals surface area contributed by atoms with Crippen molar-refractivity contribution in [2.75, 3.05) is 4.90 Å². The molecular weight excluding hydrogens is 627 g/mol. The average molecular weight is 656 g/mol. The molecule has 2 heterocycles. The Bertz CT molecular complexity index is 2770. The molecule has 0 amide bonds. The fourth-order valence-electron chi connectivity index (χ4n) is 8.62. The van der Waals surface area contributed by atoms with E-state index in [1.165, 1.54) is 70.0 Å². The molecule has 1 aliphatic carbocycles. The Hall–Kier alpha value is -6.16. The smallest absolute Gasteiger partial charge is 0.132 e. The number of nitrogens with zero attached hydrogens (tertiary/aromatic N) is 1. The summed E-state index contributed by atoms with van der Waals surface area (Å²) >= 11 is 1.87. The van der Waals surface area contributed by atoms with Crippen LogP contribution in [0.15, 0.2) is 176 Å². The Balaban J connectivity index is 1.25. The number of hydrogen-bond donors (Lipinski definition) is 0. The molecule has 8 aromatic carbocycles. The molecule has 0 saturated heterocycles. The number of para-hydroxylation sites is 3. The second-order valence-corrected chi connectivity index (χ2v) is 14.3. The molecule has 3 heteroatoms. The quantitative estimate of drug-likeness (QED) is 0.188. The van der Waals surface area contributed by atoms with Gasteiger partial charge in [0, 0.05) is 38.0 Å². The van der Waals surface area contributed by atoms with E-state index in [2.05, 4.69) is 181 Å². The van der Waals surface area contributed by atoms with Crippen molar-refractivity contribution in [1.82, 2.24) is 0 Å². The van der Waals surface area contributed by atoms with E-state index >= 15 is 0 Å². The van der Waals surface area contributed by atoms with Gasteiger partial charge in [0.1, 0.15) is 11.5 Å². The van der Waals surface area contributed by atoms with Crippen molar-refractivity contribution in [2.24, 2.45) is 0 Å². The van der Waals surface area contributed by atoms with E-state index in [1.54, 1.807) is 0 Å². The summed E-state index contributed by atoms with van der Waals surface area (Å²) in [4.78, 5) is 2.45. The maximum atomic E-state index is 6.67. The molecule has 1 aromatic heterocycles. The predicted molar refractivity (Wildman–Crippen MR) is 209 cm³/mol. The van der Waals surface area contributed by atoms with Gasteiger partial charge in [-0.3, -0.25) is 0 Å². The summed E-state index contributed by atoms with van der Waals surface area (Å²) in [7, 11) is 0. The lowest BCUT2D eigenvalue weighted by Crippen LogP contribution is -2.32. The minimum atomic E-state index is -0.567. The van der Waals surface area contributed by atoms with E-state index in [9.17, 15) is 0 Å². The zero-order valence-electron chi connectivity index (χ0n) is 27.0. The molecule has 50 heavy (non-hydrogen) atoms. The summed E-state index contributed by atoms with van der Waals surface area (Å²) in [6.45, 7) is 0. The third-order valence-corrected chi connectivity index (χ3v) is 11.9. The Kier molecular flexibility index (Phi) is 5.78. The Morgan fingerprint density at radius 1 is 0.440 bits per heavy atom. The van der Waals surface area contributed by atoms with E-state index in [0.717, 1.165) is 22.9 Å². The van der Waals surface area contributed by atoms with Gasteiger partial charge < -0.3 is 9.64 Å². The molecule has 0 atom stereocenters. The molecule has 11 rings (SSSR count). The zero-order chi connectivity index (χ0) is 32.8. The first-order valence-electron chi connectivity index (χ1n) is 17.1. The Morgan fingerprint density at radius 3 is 1.88 bits per heavy atom. The summed E-state index contributed by atoms with van der Waals surface area (Å²) < 4.78 is 9.25. The molecule has 1 aliphatic heterocycles. The van der Waals surface area contributed by atoms with Crippen LogP contribution in [0.5, 0.6) is 11.5 Å². The largest absolute Gasteiger partial charge is 0.457 e. The van der Waals surface area contributed by atoms with E-state index in [4.69, 9.17) is 4.74 Å². The normalized spacial score (nSPS) is 13.5. The summed E-state index contributed by atoms with van der Waals surface area (Å²) in [6, 6.07) is 64.2. The first-order valence-corrected chi connectivity index (χ1v) is 17.9. The van der Waals surface area contributed by atoms with Gasteiger partial charge in [0.15, 0.2) is 0 Å². The van der Waals surface area contributed by atoms with Gasteiger partial charge in [-0.1, -0.05) is 115 Å². The number of benzene rings is 8. The molecule has 0 radical (unpaired) electrons. The lowest BCUT2D eigenvalue weighted by Gasteiger charge is -2.39. The monoisotopic (exact) mass is 655 g/mol. The fraction of sp³-hybridized carbons (Fsp3) is 0.0213. The van der Waals surface area contributed by atoms with Crippen LogP contribution < -0.4 is 9.64 Å². The number of thiophene rings is 1. The van der Waals surface area contributed by atoms with E-state index in [1.807, 2.05) is 11.3 Å². The van der Waals surface area contributed by atoms with Crippen LogP contribution in [-0.4, -0.2) is 0 Å². The van der Waals surface area contributed by atoms with Crippen LogP contribution in [0, 0.1) is 0 Å². The van der Waals surface area contributed by atoms with Crippen molar-refractivity contribution >= 4 is 59.3 Å². The summed E-state index contributed by atoms with van der Waals surface area (Å²) in [5, 5.41) is 5.07. The van der Waals surface area contributed by atoms with Gasteiger partial charge in [-0.15, -0.1) is 11.3 Å². The van der Waals surface area contributed by atoms with E-state index in [0.29, 0.717) is 0 Å². The van der Waals surface area contributed by atoms with Crippen LogP contribution >= 0.6 is 11.3 Å². The van der Waals surface area contributed by atoms with Gasteiger partial charge in [0.2, 0.25) is 0 Å². The minimum absolute atomic E-state index is 0.567. The van der Waals surface area contributed by atoms with Crippen molar-refractivity contribution < 1.29 is 4.74 Å². The van der Waals surface area contributed by atoms with Gasteiger partial charge in [-0.25, -0.2) is 0 Å². The molecule has 2 aliphatic rings. The third-order valence-electron chi connectivity index (χ3n) is 10.7. The molecule has 9 aromatic rings. The topological polar surface area (TPSA) is 12.5 Å². The van der Waals surface area contributed by atoms with E-state index in [-0.39, 0.29) is 0 Å². The highest BCUT2D eigenvalue weighted by Gasteiger charge is 2.51. The van der Waals surface area contributed by atoms with Gasteiger partial charge in [0.05, 0.1) is 15.8 Å². The number of fused-ring (bicyclic) bond motifs is 13. The summed E-state index contributed by atoms with van der Waals surface area (Å²) in [6.07, 6.45) is 0. The van der Waals surface area contributed by atoms with Crippen molar-refractivity contribution in [1.29, 1.82) is 0 Å². The van der Waals surface area contributed by atoms with Crippen LogP contribution in [0.1, 0.15) is 22.3 Å². The SMILES string of the molecule is c1ccc(N(c2ccc3c(c2)C2(c4ccccc4Oc4ccccc42)c2cc4ccccc4cc2-3)c2cccc3c2sc2ccccc23)cc1. The third kappa shape index (κ3) is 3.73. The van der Waals surface area contributed by atoms with Crippen LogP contribution in [0.4, 0.5) is 17.1 Å². The maximum absolute atomic E-state index is 6.67. The molecule has 1 spiro atoms. The van der Waals surface area contributed by atoms with Crippen molar-refractivity contribution in [3.63, 3.8) is 0 Å². The predicted octanol–water partition coefficient (Wildman–Crippen LogP) is 13.1. The highest BCUT2D eigenvalue weighted by Crippen LogP contribution is 2.63. The molecular formula is C47H29NOS. The molecule has 2 nitrogen and oxygen atoms in total. The molecule has 0 bridgehead atoms. The van der Waals surface area contributed by atoms with Crippen molar-refractivity contribution in [2.45, 2.75) is 5.41 Å². The summed E-state index contributed by atoms with van der Waals surface area (Å²) in [5.41, 5.74) is 10.3. The van der Waals surface area contributed by atoms with Crippen LogP contribution in [0.25, 0.3) is 42.1 Å².